The molecule has 1 rings (SSSR count). The average Bonchev–Trinajstić information content (AvgIpc) is 2.19. The van der Waals surface area contributed by atoms with Crippen molar-refractivity contribution in [2.24, 2.45) is 0 Å². The Hall–Kier alpha value is -0.730. The van der Waals surface area contributed by atoms with Gasteiger partial charge >= 0.3 is 0 Å². The van der Waals surface area contributed by atoms with Crippen molar-refractivity contribution in [2.75, 3.05) is 0 Å². The average molecular weight is 208 g/mol. The summed E-state index contributed by atoms with van der Waals surface area (Å²) in [4.78, 5) is 9.99. The number of hydrogen-bond donors (Lipinski definition) is 5. The van der Waals surface area contributed by atoms with Gasteiger partial charge in [0.25, 0.3) is 6.47 Å². The summed E-state index contributed by atoms with van der Waals surface area (Å²) in [5.41, 5.74) is 0. The predicted molar refractivity (Wildman–Crippen MR) is 41.0 cm³/mol. The molecule has 6 atom stereocenters. The number of rotatable bonds is 2. The van der Waals surface area contributed by atoms with Crippen molar-refractivity contribution >= 4 is 6.47 Å². The predicted octanol–water partition coefficient (Wildman–Crippen LogP) is -3.65. The summed E-state index contributed by atoms with van der Waals surface area (Å²) >= 11 is 0. The zero-order valence-electron chi connectivity index (χ0n) is 7.09. The highest BCUT2D eigenvalue weighted by molar-refractivity contribution is 5.38. The maximum absolute atomic E-state index is 9.99. The topological polar surface area (TPSA) is 127 Å². The first-order chi connectivity index (χ1) is 6.50. The number of aliphatic hydroxyl groups excluding tert-OH is 5. The smallest absolute Gasteiger partial charge is 0.293 e. The van der Waals surface area contributed by atoms with Gasteiger partial charge in [-0.05, 0) is 0 Å². The highest BCUT2D eigenvalue weighted by Crippen LogP contribution is 2.23. The fourth-order valence-corrected chi connectivity index (χ4v) is 1.42. The summed E-state index contributed by atoms with van der Waals surface area (Å²) in [6, 6.07) is 0. The number of aliphatic hydroxyl groups is 5. The third kappa shape index (κ3) is 1.72. The molecule has 1 saturated carbocycles. The van der Waals surface area contributed by atoms with Crippen molar-refractivity contribution in [2.45, 2.75) is 36.6 Å². The fraction of sp³-hybridized carbons (Fsp3) is 0.857. The Labute approximate surface area is 79.2 Å². The van der Waals surface area contributed by atoms with Crippen LogP contribution in [0.1, 0.15) is 0 Å². The highest BCUT2D eigenvalue weighted by Gasteiger charge is 2.49. The minimum atomic E-state index is -1.67. The summed E-state index contributed by atoms with van der Waals surface area (Å²) in [5.74, 6) is 0. The molecule has 0 aromatic carbocycles. The third-order valence-corrected chi connectivity index (χ3v) is 2.29. The van der Waals surface area contributed by atoms with E-state index < -0.39 is 36.6 Å². The van der Waals surface area contributed by atoms with Gasteiger partial charge in [-0.25, -0.2) is 0 Å². The van der Waals surface area contributed by atoms with Gasteiger partial charge in [-0.15, -0.1) is 0 Å². The first-order valence-electron chi connectivity index (χ1n) is 4.00. The van der Waals surface area contributed by atoms with E-state index >= 15 is 0 Å². The second kappa shape index (κ2) is 4.20. The van der Waals surface area contributed by atoms with Crippen LogP contribution in [-0.2, 0) is 9.53 Å². The molecule has 0 heterocycles. The summed E-state index contributed by atoms with van der Waals surface area (Å²) < 4.78 is 4.28. The van der Waals surface area contributed by atoms with Gasteiger partial charge in [0.1, 0.15) is 30.5 Å². The zero-order chi connectivity index (χ0) is 10.9. The lowest BCUT2D eigenvalue weighted by Gasteiger charge is -2.40. The van der Waals surface area contributed by atoms with Crippen LogP contribution in [0, 0.1) is 0 Å². The van der Waals surface area contributed by atoms with E-state index in [0.717, 1.165) is 0 Å². The number of hydrogen-bond acceptors (Lipinski definition) is 7. The van der Waals surface area contributed by atoms with Crippen LogP contribution in [0.2, 0.25) is 0 Å². The minimum Gasteiger partial charge on any atom is -0.459 e. The molecule has 0 amide bonds. The molecule has 7 heteroatoms. The molecule has 0 aliphatic heterocycles. The van der Waals surface area contributed by atoms with Gasteiger partial charge in [0, 0.05) is 0 Å². The van der Waals surface area contributed by atoms with Crippen LogP contribution in [0.15, 0.2) is 0 Å². The largest absolute Gasteiger partial charge is 0.459 e. The number of carbonyl (C=O) groups excluding carboxylic acids is 1. The van der Waals surface area contributed by atoms with Gasteiger partial charge in [0.05, 0.1) is 0 Å². The van der Waals surface area contributed by atoms with Crippen LogP contribution in [0.25, 0.3) is 0 Å². The van der Waals surface area contributed by atoms with Gasteiger partial charge < -0.3 is 30.3 Å². The molecule has 2 unspecified atom stereocenters. The number of ether oxygens (including phenoxy) is 1. The molecule has 0 radical (unpaired) electrons. The fourth-order valence-electron chi connectivity index (χ4n) is 1.42. The van der Waals surface area contributed by atoms with Gasteiger partial charge in [-0.1, -0.05) is 0 Å². The van der Waals surface area contributed by atoms with Crippen LogP contribution in [0.4, 0.5) is 0 Å². The molecular formula is C7H12O7. The summed E-state index contributed by atoms with van der Waals surface area (Å²) in [5, 5.41) is 46.0. The summed E-state index contributed by atoms with van der Waals surface area (Å²) in [6.45, 7) is -0.0196. The van der Waals surface area contributed by atoms with E-state index in [1.54, 1.807) is 0 Å². The monoisotopic (exact) mass is 208 g/mol. The van der Waals surface area contributed by atoms with Crippen LogP contribution in [0.5, 0.6) is 0 Å². The Morgan fingerprint density at radius 1 is 0.786 bits per heavy atom. The standard InChI is InChI=1S/C7H12O7/c8-1-14-7-5(12)3(10)2(9)4(11)6(7)13/h1-7,9-13H/t2?,3-,4+,5-,6-,7?/m0/s1. The van der Waals surface area contributed by atoms with Crippen LogP contribution in [0.3, 0.4) is 0 Å². The van der Waals surface area contributed by atoms with Crippen LogP contribution < -0.4 is 0 Å². The lowest BCUT2D eigenvalue weighted by molar-refractivity contribution is -0.228. The quantitative estimate of drug-likeness (QED) is 0.296. The van der Waals surface area contributed by atoms with Crippen LogP contribution >= 0.6 is 0 Å². The molecule has 7 nitrogen and oxygen atoms in total. The van der Waals surface area contributed by atoms with E-state index in [9.17, 15) is 15.0 Å². The normalized spacial score (nSPS) is 48.6. The maximum atomic E-state index is 9.99. The van der Waals surface area contributed by atoms with Crippen molar-refractivity contribution in [3.05, 3.63) is 0 Å². The second-order valence-corrected chi connectivity index (χ2v) is 3.15. The van der Waals surface area contributed by atoms with Gasteiger partial charge in [-0.3, -0.25) is 4.79 Å². The Kier molecular flexibility index (Phi) is 3.40. The molecule has 82 valence electrons. The Morgan fingerprint density at radius 2 is 1.14 bits per heavy atom. The molecule has 0 spiro atoms. The van der Waals surface area contributed by atoms with Crippen molar-refractivity contribution < 1.29 is 35.1 Å². The first kappa shape index (κ1) is 11.3. The maximum Gasteiger partial charge on any atom is 0.293 e. The lowest BCUT2D eigenvalue weighted by atomic mass is 9.85. The Morgan fingerprint density at radius 3 is 1.50 bits per heavy atom. The molecule has 0 aromatic heterocycles. The molecule has 0 bridgehead atoms. The lowest BCUT2D eigenvalue weighted by Crippen LogP contribution is -2.64. The van der Waals surface area contributed by atoms with E-state index in [2.05, 4.69) is 4.74 Å². The Balaban J connectivity index is 2.80. The molecule has 5 N–H and O–H groups in total. The van der Waals surface area contributed by atoms with Gasteiger partial charge in [-0.2, -0.15) is 0 Å². The molecular weight excluding hydrogens is 196 g/mol. The van der Waals surface area contributed by atoms with Crippen molar-refractivity contribution in [3.63, 3.8) is 0 Å². The number of carbonyl (C=O) groups is 1. The molecule has 14 heavy (non-hydrogen) atoms. The molecule has 0 saturated heterocycles. The summed E-state index contributed by atoms with van der Waals surface area (Å²) in [6.07, 6.45) is -9.72. The van der Waals surface area contributed by atoms with Crippen LogP contribution in [-0.4, -0.2) is 68.6 Å². The SMILES string of the molecule is O=COC1[C@@H](O)[C@H](O)C(O)[C@H](O)[C@@H]1O. The van der Waals surface area contributed by atoms with E-state index in [-0.39, 0.29) is 6.47 Å². The van der Waals surface area contributed by atoms with E-state index in [1.807, 2.05) is 0 Å². The minimum absolute atomic E-state index is 0.0196. The zero-order valence-corrected chi connectivity index (χ0v) is 7.09. The summed E-state index contributed by atoms with van der Waals surface area (Å²) in [7, 11) is 0. The van der Waals surface area contributed by atoms with E-state index in [0.29, 0.717) is 0 Å². The van der Waals surface area contributed by atoms with E-state index in [1.165, 1.54) is 0 Å². The van der Waals surface area contributed by atoms with Crippen molar-refractivity contribution in [1.82, 2.24) is 0 Å². The van der Waals surface area contributed by atoms with E-state index in [4.69, 9.17) is 15.3 Å². The first-order valence-corrected chi connectivity index (χ1v) is 4.00. The Bertz CT molecular complexity index is 192. The second-order valence-electron chi connectivity index (χ2n) is 3.15. The molecule has 1 fully saturated rings. The molecule has 1 aliphatic carbocycles. The van der Waals surface area contributed by atoms with Gasteiger partial charge in [0.2, 0.25) is 0 Å². The third-order valence-electron chi connectivity index (χ3n) is 2.29. The highest BCUT2D eigenvalue weighted by atomic mass is 16.6. The molecule has 1 aliphatic rings. The van der Waals surface area contributed by atoms with Crippen molar-refractivity contribution in [1.29, 1.82) is 0 Å². The van der Waals surface area contributed by atoms with Gasteiger partial charge in [0.15, 0.2) is 6.10 Å². The van der Waals surface area contributed by atoms with Crippen molar-refractivity contribution in [3.8, 4) is 0 Å². The molecule has 0 aromatic rings.